The van der Waals surface area contributed by atoms with Crippen molar-refractivity contribution >= 4 is 39.6 Å². The van der Waals surface area contributed by atoms with E-state index < -0.39 is 0 Å². The van der Waals surface area contributed by atoms with Gasteiger partial charge in [-0.15, -0.1) is 11.3 Å². The molecule has 0 unspecified atom stereocenters. The zero-order valence-corrected chi connectivity index (χ0v) is 15.3. The zero-order valence-electron chi connectivity index (χ0n) is 13.7. The van der Waals surface area contributed by atoms with E-state index in [1.165, 1.54) is 29.6 Å². The standard InChI is InChI=1S/C17H16N4O2S2/c1-10-14(25-17(19-10)20-11(2)22)13-9-24-16(21-13)15(23)18-8-12-6-4-3-5-7-12/h3-7,9H,8H2,1-2H3,(H,18,23)(H,19,20,22). The average molecular weight is 372 g/mol. The quantitative estimate of drug-likeness (QED) is 0.718. The number of benzene rings is 1. The van der Waals surface area contributed by atoms with Crippen molar-refractivity contribution in [1.82, 2.24) is 15.3 Å². The van der Waals surface area contributed by atoms with Gasteiger partial charge in [-0.25, -0.2) is 9.97 Å². The van der Waals surface area contributed by atoms with E-state index in [1.54, 1.807) is 0 Å². The van der Waals surface area contributed by atoms with Crippen molar-refractivity contribution in [3.8, 4) is 10.6 Å². The molecule has 0 radical (unpaired) electrons. The fraction of sp³-hybridized carbons (Fsp3) is 0.176. The van der Waals surface area contributed by atoms with Crippen molar-refractivity contribution in [2.45, 2.75) is 20.4 Å². The maximum atomic E-state index is 12.3. The largest absolute Gasteiger partial charge is 0.346 e. The van der Waals surface area contributed by atoms with Crippen LogP contribution in [0.15, 0.2) is 35.7 Å². The second-order valence-electron chi connectivity index (χ2n) is 5.32. The Morgan fingerprint density at radius 2 is 1.92 bits per heavy atom. The molecule has 2 N–H and O–H groups in total. The maximum absolute atomic E-state index is 12.3. The summed E-state index contributed by atoms with van der Waals surface area (Å²) >= 11 is 2.63. The smallest absolute Gasteiger partial charge is 0.280 e. The van der Waals surface area contributed by atoms with Gasteiger partial charge in [-0.05, 0) is 12.5 Å². The second-order valence-corrected chi connectivity index (χ2v) is 7.18. The monoisotopic (exact) mass is 372 g/mol. The van der Waals surface area contributed by atoms with Crippen LogP contribution in [-0.2, 0) is 11.3 Å². The van der Waals surface area contributed by atoms with Gasteiger partial charge in [0.15, 0.2) is 10.1 Å². The number of carbonyl (C=O) groups excluding carboxylic acids is 2. The van der Waals surface area contributed by atoms with Gasteiger partial charge in [-0.2, -0.15) is 0 Å². The SMILES string of the molecule is CC(=O)Nc1nc(C)c(-c2csc(C(=O)NCc3ccccc3)n2)s1. The lowest BCUT2D eigenvalue weighted by atomic mass is 10.2. The first-order valence-electron chi connectivity index (χ1n) is 7.56. The molecular formula is C17H16N4O2S2. The number of aryl methyl sites for hydroxylation is 1. The van der Waals surface area contributed by atoms with Crippen LogP contribution in [0.3, 0.4) is 0 Å². The molecule has 0 atom stereocenters. The molecule has 0 saturated carbocycles. The molecule has 0 fully saturated rings. The highest BCUT2D eigenvalue weighted by atomic mass is 32.1. The molecule has 6 nitrogen and oxygen atoms in total. The number of anilines is 1. The van der Waals surface area contributed by atoms with E-state index in [9.17, 15) is 9.59 Å². The normalized spacial score (nSPS) is 10.5. The number of hydrogen-bond donors (Lipinski definition) is 2. The third-order valence-electron chi connectivity index (χ3n) is 3.31. The number of aromatic nitrogens is 2. The molecule has 3 rings (SSSR count). The number of carbonyl (C=O) groups is 2. The van der Waals surface area contributed by atoms with Gasteiger partial charge in [0.2, 0.25) is 5.91 Å². The first kappa shape index (κ1) is 17.2. The summed E-state index contributed by atoms with van der Waals surface area (Å²) in [6.07, 6.45) is 0. The lowest BCUT2D eigenvalue weighted by molar-refractivity contribution is -0.114. The second kappa shape index (κ2) is 7.54. The molecule has 2 amide bonds. The van der Waals surface area contributed by atoms with Crippen LogP contribution in [0.25, 0.3) is 10.6 Å². The molecule has 0 aliphatic rings. The van der Waals surface area contributed by atoms with Crippen molar-refractivity contribution in [2.75, 3.05) is 5.32 Å². The summed E-state index contributed by atoms with van der Waals surface area (Å²) < 4.78 is 0. The van der Waals surface area contributed by atoms with Gasteiger partial charge in [0.25, 0.3) is 5.91 Å². The van der Waals surface area contributed by atoms with Gasteiger partial charge in [0.1, 0.15) is 0 Å². The Morgan fingerprint density at radius 3 is 2.64 bits per heavy atom. The topological polar surface area (TPSA) is 84.0 Å². The molecule has 2 heterocycles. The van der Waals surface area contributed by atoms with Gasteiger partial charge in [0, 0.05) is 18.8 Å². The molecular weight excluding hydrogens is 356 g/mol. The molecule has 1 aromatic carbocycles. The number of nitrogens with one attached hydrogen (secondary N) is 2. The molecule has 0 spiro atoms. The number of rotatable bonds is 5. The van der Waals surface area contributed by atoms with Crippen LogP contribution >= 0.6 is 22.7 Å². The Balaban J connectivity index is 1.70. The van der Waals surface area contributed by atoms with Crippen LogP contribution in [0, 0.1) is 6.92 Å². The average Bonchev–Trinajstić information content (AvgIpc) is 3.20. The Kier molecular flexibility index (Phi) is 5.20. The summed E-state index contributed by atoms with van der Waals surface area (Å²) in [4.78, 5) is 33.0. The molecule has 0 aliphatic heterocycles. The fourth-order valence-corrected chi connectivity index (χ4v) is 3.95. The number of nitrogens with zero attached hydrogens (tertiary/aromatic N) is 2. The van der Waals surface area contributed by atoms with Crippen LogP contribution in [0.4, 0.5) is 5.13 Å². The van der Waals surface area contributed by atoms with Gasteiger partial charge < -0.3 is 10.6 Å². The van der Waals surface area contributed by atoms with Crippen molar-refractivity contribution in [1.29, 1.82) is 0 Å². The summed E-state index contributed by atoms with van der Waals surface area (Å²) in [7, 11) is 0. The summed E-state index contributed by atoms with van der Waals surface area (Å²) in [5, 5.41) is 8.30. The molecule has 2 aromatic heterocycles. The van der Waals surface area contributed by atoms with Gasteiger partial charge in [0.05, 0.1) is 16.3 Å². The summed E-state index contributed by atoms with van der Waals surface area (Å²) in [5.74, 6) is -0.371. The lowest BCUT2D eigenvalue weighted by Crippen LogP contribution is -2.22. The summed E-state index contributed by atoms with van der Waals surface area (Å²) in [6.45, 7) is 3.75. The third kappa shape index (κ3) is 4.28. The highest BCUT2D eigenvalue weighted by molar-refractivity contribution is 7.19. The molecule has 8 heteroatoms. The minimum absolute atomic E-state index is 0.167. The van der Waals surface area contributed by atoms with Gasteiger partial charge in [-0.3, -0.25) is 9.59 Å². The Morgan fingerprint density at radius 1 is 1.16 bits per heavy atom. The van der Waals surface area contributed by atoms with Crippen molar-refractivity contribution in [3.63, 3.8) is 0 Å². The maximum Gasteiger partial charge on any atom is 0.280 e. The summed E-state index contributed by atoms with van der Waals surface area (Å²) in [6, 6.07) is 9.71. The van der Waals surface area contributed by atoms with Crippen molar-refractivity contribution in [2.24, 2.45) is 0 Å². The van der Waals surface area contributed by atoms with Crippen LogP contribution in [0.1, 0.15) is 28.0 Å². The Bertz CT molecular complexity index is 903. The first-order valence-corrected chi connectivity index (χ1v) is 9.25. The van der Waals surface area contributed by atoms with Gasteiger partial charge in [-0.1, -0.05) is 41.7 Å². The molecule has 128 valence electrons. The Hall–Kier alpha value is -2.58. The fourth-order valence-electron chi connectivity index (χ4n) is 2.17. The van der Waals surface area contributed by atoms with E-state index in [0.717, 1.165) is 16.1 Å². The number of thiazole rings is 2. The Labute approximate surface area is 153 Å². The van der Waals surface area contributed by atoms with Crippen LogP contribution in [0.2, 0.25) is 0 Å². The molecule has 0 bridgehead atoms. The van der Waals surface area contributed by atoms with Crippen LogP contribution in [-0.4, -0.2) is 21.8 Å². The van der Waals surface area contributed by atoms with E-state index in [4.69, 9.17) is 0 Å². The van der Waals surface area contributed by atoms with E-state index in [0.29, 0.717) is 22.4 Å². The predicted octanol–water partition coefficient (Wildman–Crippen LogP) is 3.46. The predicted molar refractivity (Wildman–Crippen MR) is 99.9 cm³/mol. The van der Waals surface area contributed by atoms with E-state index in [2.05, 4.69) is 20.6 Å². The van der Waals surface area contributed by atoms with Crippen molar-refractivity contribution < 1.29 is 9.59 Å². The lowest BCUT2D eigenvalue weighted by Gasteiger charge is -2.02. The molecule has 0 saturated heterocycles. The number of amides is 2. The minimum atomic E-state index is -0.204. The molecule has 25 heavy (non-hydrogen) atoms. The van der Waals surface area contributed by atoms with E-state index in [1.807, 2.05) is 42.6 Å². The van der Waals surface area contributed by atoms with Crippen LogP contribution in [0.5, 0.6) is 0 Å². The van der Waals surface area contributed by atoms with E-state index in [-0.39, 0.29) is 11.8 Å². The van der Waals surface area contributed by atoms with Gasteiger partial charge >= 0.3 is 0 Å². The molecule has 3 aromatic rings. The highest BCUT2D eigenvalue weighted by Crippen LogP contribution is 2.33. The summed E-state index contributed by atoms with van der Waals surface area (Å²) in [5.41, 5.74) is 2.50. The molecule has 0 aliphatic carbocycles. The first-order chi connectivity index (χ1) is 12.0. The third-order valence-corrected chi connectivity index (χ3v) is 5.24. The highest BCUT2D eigenvalue weighted by Gasteiger charge is 2.16. The minimum Gasteiger partial charge on any atom is -0.346 e. The van der Waals surface area contributed by atoms with Crippen LogP contribution < -0.4 is 10.6 Å². The van der Waals surface area contributed by atoms with Crippen molar-refractivity contribution in [3.05, 3.63) is 52.0 Å². The zero-order chi connectivity index (χ0) is 17.8. The number of hydrogen-bond acceptors (Lipinski definition) is 6. The van der Waals surface area contributed by atoms with E-state index >= 15 is 0 Å².